The molecule has 0 bridgehead atoms. The van der Waals surface area contributed by atoms with E-state index in [0.29, 0.717) is 0 Å². The van der Waals surface area contributed by atoms with Crippen LogP contribution >= 0.6 is 0 Å². The van der Waals surface area contributed by atoms with E-state index in [1.165, 1.54) is 11.1 Å². The van der Waals surface area contributed by atoms with E-state index in [0.717, 1.165) is 13.1 Å². The third-order valence-electron chi connectivity index (χ3n) is 2.10. The average Bonchev–Trinajstić information content (AvgIpc) is 2.18. The van der Waals surface area contributed by atoms with Crippen molar-refractivity contribution in [3.8, 4) is 0 Å². The van der Waals surface area contributed by atoms with Gasteiger partial charge in [-0.05, 0) is 19.4 Å². The Morgan fingerprint density at radius 2 is 2.07 bits per heavy atom. The summed E-state index contributed by atoms with van der Waals surface area (Å²) in [6.07, 6.45) is 1.50. The lowest BCUT2D eigenvalue weighted by atomic mass is 10.2. The van der Waals surface area contributed by atoms with Crippen LogP contribution in [-0.4, -0.2) is 17.8 Å². The summed E-state index contributed by atoms with van der Waals surface area (Å²) in [6.45, 7) is 5.47. The smallest absolute Gasteiger partial charge is 0.0695 e. The minimum atomic E-state index is -0.358. The summed E-state index contributed by atoms with van der Waals surface area (Å²) >= 11 is 0. The second-order valence-corrected chi connectivity index (χ2v) is 3.84. The van der Waals surface area contributed by atoms with E-state index in [9.17, 15) is 0 Å². The largest absolute Gasteiger partial charge is 0.389 e. The number of benzene rings is 1. The second-order valence-electron chi connectivity index (χ2n) is 3.84. The van der Waals surface area contributed by atoms with Gasteiger partial charge in [-0.15, -0.1) is 0 Å². The van der Waals surface area contributed by atoms with E-state index in [-0.39, 0.29) is 6.10 Å². The Hall–Kier alpha value is -1.12. The summed E-state index contributed by atoms with van der Waals surface area (Å²) in [7, 11) is 0. The van der Waals surface area contributed by atoms with Gasteiger partial charge < -0.3 is 10.4 Å². The maximum absolute atomic E-state index is 9.13. The lowest BCUT2D eigenvalue weighted by molar-refractivity contribution is 0.243. The molecule has 0 aliphatic heterocycles. The van der Waals surface area contributed by atoms with Gasteiger partial charge in [-0.25, -0.2) is 0 Å². The maximum atomic E-state index is 9.13. The predicted octanol–water partition coefficient (Wildman–Crippen LogP) is 2.10. The summed E-state index contributed by atoms with van der Waals surface area (Å²) in [5, 5.41) is 12.5. The highest BCUT2D eigenvalue weighted by molar-refractivity contribution is 5.14. The summed E-state index contributed by atoms with van der Waals surface area (Å²) < 4.78 is 0. The van der Waals surface area contributed by atoms with Gasteiger partial charge in [0.2, 0.25) is 0 Å². The molecule has 0 aromatic heterocycles. The molecule has 1 atom stereocenters. The van der Waals surface area contributed by atoms with Gasteiger partial charge >= 0.3 is 0 Å². The Morgan fingerprint density at radius 3 is 2.67 bits per heavy atom. The molecule has 1 rings (SSSR count). The molecule has 82 valence electrons. The van der Waals surface area contributed by atoms with Gasteiger partial charge in [0.05, 0.1) is 6.10 Å². The fourth-order valence-corrected chi connectivity index (χ4v) is 1.47. The third kappa shape index (κ3) is 5.35. The van der Waals surface area contributed by atoms with Crippen LogP contribution in [0.4, 0.5) is 0 Å². The quantitative estimate of drug-likeness (QED) is 0.722. The van der Waals surface area contributed by atoms with E-state index in [1.54, 1.807) is 6.92 Å². The van der Waals surface area contributed by atoms with Gasteiger partial charge in [0, 0.05) is 13.1 Å². The van der Waals surface area contributed by atoms with Crippen molar-refractivity contribution in [2.24, 2.45) is 0 Å². The molecule has 0 fully saturated rings. The monoisotopic (exact) mass is 205 g/mol. The molecule has 1 aromatic carbocycles. The zero-order valence-electron chi connectivity index (χ0n) is 9.40. The molecule has 0 saturated carbocycles. The molecule has 0 radical (unpaired) electrons. The molecule has 0 aliphatic rings. The van der Waals surface area contributed by atoms with Crippen LogP contribution in [0.1, 0.15) is 19.4 Å². The van der Waals surface area contributed by atoms with Crippen LogP contribution in [0.15, 0.2) is 42.0 Å². The van der Waals surface area contributed by atoms with Crippen LogP contribution < -0.4 is 5.32 Å². The average molecular weight is 205 g/mol. The van der Waals surface area contributed by atoms with Crippen molar-refractivity contribution in [1.82, 2.24) is 5.32 Å². The van der Waals surface area contributed by atoms with E-state index in [4.69, 9.17) is 5.11 Å². The number of aliphatic hydroxyl groups excluding tert-OH is 1. The highest BCUT2D eigenvalue weighted by Crippen LogP contribution is 1.98. The van der Waals surface area contributed by atoms with Gasteiger partial charge in [-0.1, -0.05) is 42.0 Å². The molecule has 0 spiro atoms. The van der Waals surface area contributed by atoms with Crippen molar-refractivity contribution < 1.29 is 5.11 Å². The van der Waals surface area contributed by atoms with Crippen molar-refractivity contribution in [2.75, 3.05) is 6.54 Å². The van der Waals surface area contributed by atoms with Crippen LogP contribution in [0.25, 0.3) is 0 Å². The van der Waals surface area contributed by atoms with Gasteiger partial charge in [0.25, 0.3) is 0 Å². The topological polar surface area (TPSA) is 32.3 Å². The first kappa shape index (κ1) is 12.0. The Labute approximate surface area is 91.6 Å². The predicted molar refractivity (Wildman–Crippen MR) is 63.6 cm³/mol. The lowest BCUT2D eigenvalue weighted by Gasteiger charge is -2.06. The van der Waals surface area contributed by atoms with Crippen LogP contribution in [-0.2, 0) is 6.54 Å². The van der Waals surface area contributed by atoms with Gasteiger partial charge in [-0.2, -0.15) is 0 Å². The third-order valence-corrected chi connectivity index (χ3v) is 2.10. The van der Waals surface area contributed by atoms with Crippen LogP contribution in [0.5, 0.6) is 0 Å². The van der Waals surface area contributed by atoms with Gasteiger partial charge in [0.15, 0.2) is 0 Å². The molecule has 15 heavy (non-hydrogen) atoms. The molecule has 2 heteroatoms. The molecule has 1 aromatic rings. The fourth-order valence-electron chi connectivity index (χ4n) is 1.47. The zero-order chi connectivity index (χ0) is 11.1. The number of rotatable bonds is 5. The van der Waals surface area contributed by atoms with Crippen molar-refractivity contribution >= 4 is 0 Å². The summed E-state index contributed by atoms with van der Waals surface area (Å²) in [5.41, 5.74) is 2.45. The van der Waals surface area contributed by atoms with E-state index >= 15 is 0 Å². The zero-order valence-corrected chi connectivity index (χ0v) is 9.40. The normalized spacial score (nSPS) is 13.9. The minimum Gasteiger partial charge on any atom is -0.389 e. The molecule has 0 aliphatic carbocycles. The Morgan fingerprint density at radius 1 is 1.40 bits per heavy atom. The molecule has 0 saturated heterocycles. The molecule has 1 unspecified atom stereocenters. The fraction of sp³-hybridized carbons (Fsp3) is 0.385. The molecule has 2 N–H and O–H groups in total. The van der Waals surface area contributed by atoms with Crippen molar-refractivity contribution in [3.63, 3.8) is 0 Å². The summed E-state index contributed by atoms with van der Waals surface area (Å²) in [6, 6.07) is 10.3. The molecule has 0 amide bonds. The van der Waals surface area contributed by atoms with E-state index in [1.807, 2.05) is 31.2 Å². The highest BCUT2D eigenvalue weighted by atomic mass is 16.3. The van der Waals surface area contributed by atoms with E-state index in [2.05, 4.69) is 17.4 Å². The second kappa shape index (κ2) is 6.38. The molecule has 2 nitrogen and oxygen atoms in total. The Balaban J connectivity index is 2.28. The highest BCUT2D eigenvalue weighted by Gasteiger charge is 1.94. The lowest BCUT2D eigenvalue weighted by Crippen LogP contribution is -2.16. The number of hydrogen-bond donors (Lipinski definition) is 2. The van der Waals surface area contributed by atoms with Crippen molar-refractivity contribution in [1.29, 1.82) is 0 Å². The molecular formula is C13H19NO. The van der Waals surface area contributed by atoms with Crippen LogP contribution in [0.2, 0.25) is 0 Å². The van der Waals surface area contributed by atoms with Gasteiger partial charge in [-0.3, -0.25) is 0 Å². The summed E-state index contributed by atoms with van der Waals surface area (Å²) in [4.78, 5) is 0. The van der Waals surface area contributed by atoms with Crippen molar-refractivity contribution in [2.45, 2.75) is 26.5 Å². The first-order chi connectivity index (χ1) is 7.18. The number of hydrogen-bond acceptors (Lipinski definition) is 2. The first-order valence-electron chi connectivity index (χ1n) is 5.28. The maximum Gasteiger partial charge on any atom is 0.0695 e. The minimum absolute atomic E-state index is 0.358. The Kier molecular flexibility index (Phi) is 5.08. The molecule has 0 heterocycles. The van der Waals surface area contributed by atoms with Crippen LogP contribution in [0.3, 0.4) is 0 Å². The van der Waals surface area contributed by atoms with Gasteiger partial charge in [0.1, 0.15) is 0 Å². The van der Waals surface area contributed by atoms with E-state index < -0.39 is 0 Å². The van der Waals surface area contributed by atoms with Crippen molar-refractivity contribution in [3.05, 3.63) is 47.5 Å². The van der Waals surface area contributed by atoms with Crippen LogP contribution in [0, 0.1) is 0 Å². The number of nitrogens with one attached hydrogen (secondary N) is 1. The first-order valence-corrected chi connectivity index (χ1v) is 5.28. The number of aliphatic hydroxyl groups is 1. The Bertz CT molecular complexity index is 304. The summed E-state index contributed by atoms with van der Waals surface area (Å²) in [5.74, 6) is 0. The SMILES string of the molecule is CC(=CC(C)O)CNCc1ccccc1. The standard InChI is InChI=1S/C13H19NO/c1-11(8-12(2)15)9-14-10-13-6-4-3-5-7-13/h3-8,12,14-15H,9-10H2,1-2H3. The molecular weight excluding hydrogens is 186 g/mol.